The minimum absolute atomic E-state index is 0.110. The number of amides is 4. The number of carbonyl (C=O) groups excluding carboxylic acids is 3. The number of hydrogen-bond acceptors (Lipinski definition) is 3. The topological polar surface area (TPSA) is 83.4 Å². The predicted molar refractivity (Wildman–Crippen MR) is 131 cm³/mol. The maximum absolute atomic E-state index is 13.0. The highest BCUT2D eigenvalue weighted by atomic mass is 16.2. The van der Waals surface area contributed by atoms with Crippen molar-refractivity contribution in [2.24, 2.45) is 0 Å². The molecular weight excluding hydrogens is 428 g/mol. The van der Waals surface area contributed by atoms with Crippen molar-refractivity contribution >= 4 is 40.5 Å². The van der Waals surface area contributed by atoms with Gasteiger partial charge >= 0.3 is 6.03 Å². The second-order valence-electron chi connectivity index (χ2n) is 8.01. The number of imide groups is 1. The minimum Gasteiger partial charge on any atom is -0.337 e. The first kappa shape index (κ1) is 21.2. The van der Waals surface area contributed by atoms with Gasteiger partial charge in [-0.3, -0.25) is 14.5 Å². The highest BCUT2D eigenvalue weighted by molar-refractivity contribution is 6.14. The lowest BCUT2D eigenvalue weighted by molar-refractivity contribution is -0.123. The molecule has 1 aliphatic rings. The number of fused-ring (bicyclic) bond motifs is 1. The largest absolute Gasteiger partial charge is 0.337 e. The van der Waals surface area contributed by atoms with E-state index < -0.39 is 6.03 Å². The van der Waals surface area contributed by atoms with E-state index in [1.807, 2.05) is 95.7 Å². The minimum atomic E-state index is -0.453. The first-order chi connectivity index (χ1) is 16.6. The standard InChI is InChI=1S/C27H22N4O3/c32-25(28-21-11-5-2-6-12-21)18-30-17-20(22-13-7-8-14-24(22)30)15-23-26(33)31(27(34)29-23)16-19-9-3-1-4-10-19/h1-15,17H,16,18H2,(H,28,32)(H,29,34)/b23-15+. The van der Waals surface area contributed by atoms with Gasteiger partial charge in [0.2, 0.25) is 5.91 Å². The second kappa shape index (κ2) is 9.07. The molecule has 0 atom stereocenters. The molecule has 0 radical (unpaired) electrons. The lowest BCUT2D eigenvalue weighted by atomic mass is 10.1. The van der Waals surface area contributed by atoms with Crippen LogP contribution in [0.25, 0.3) is 17.0 Å². The molecule has 2 heterocycles. The van der Waals surface area contributed by atoms with Gasteiger partial charge in [0.1, 0.15) is 12.2 Å². The molecule has 0 aliphatic carbocycles. The number of urea groups is 1. The number of nitrogens with one attached hydrogen (secondary N) is 2. The van der Waals surface area contributed by atoms with E-state index in [1.54, 1.807) is 6.08 Å². The second-order valence-corrected chi connectivity index (χ2v) is 8.01. The van der Waals surface area contributed by atoms with Gasteiger partial charge in [-0.1, -0.05) is 66.7 Å². The Hall–Kier alpha value is -4.65. The predicted octanol–water partition coefficient (Wildman–Crippen LogP) is 4.37. The number of benzene rings is 3. The number of nitrogens with zero attached hydrogens (tertiary/aromatic N) is 2. The number of hydrogen-bond donors (Lipinski definition) is 2. The summed E-state index contributed by atoms with van der Waals surface area (Å²) in [5, 5.41) is 6.45. The van der Waals surface area contributed by atoms with Gasteiger partial charge in [-0.05, 0) is 29.8 Å². The molecule has 7 heteroatoms. The van der Waals surface area contributed by atoms with E-state index in [0.717, 1.165) is 27.7 Å². The summed E-state index contributed by atoms with van der Waals surface area (Å²) in [5.41, 5.74) is 3.40. The molecule has 168 valence electrons. The maximum atomic E-state index is 13.0. The van der Waals surface area contributed by atoms with Crippen LogP contribution >= 0.6 is 0 Å². The normalized spacial score (nSPS) is 14.6. The maximum Gasteiger partial charge on any atom is 0.329 e. The lowest BCUT2D eigenvalue weighted by Crippen LogP contribution is -2.30. The molecule has 0 spiro atoms. The van der Waals surface area contributed by atoms with Gasteiger partial charge < -0.3 is 15.2 Å². The van der Waals surface area contributed by atoms with E-state index in [4.69, 9.17) is 0 Å². The van der Waals surface area contributed by atoms with Gasteiger partial charge in [-0.25, -0.2) is 4.79 Å². The fourth-order valence-electron chi connectivity index (χ4n) is 4.03. The van der Waals surface area contributed by atoms with Crippen LogP contribution in [0, 0.1) is 0 Å². The molecular formula is C27H22N4O3. The fourth-order valence-corrected chi connectivity index (χ4v) is 4.03. The lowest BCUT2D eigenvalue weighted by Gasteiger charge is -2.11. The van der Waals surface area contributed by atoms with E-state index in [-0.39, 0.29) is 30.6 Å². The Morgan fingerprint density at radius 3 is 2.32 bits per heavy atom. The Morgan fingerprint density at radius 1 is 0.882 bits per heavy atom. The number of aromatic nitrogens is 1. The molecule has 7 nitrogen and oxygen atoms in total. The molecule has 0 unspecified atom stereocenters. The van der Waals surface area contributed by atoms with Crippen LogP contribution < -0.4 is 10.6 Å². The van der Waals surface area contributed by atoms with Gasteiger partial charge in [0.05, 0.1) is 6.54 Å². The molecule has 4 amide bonds. The first-order valence-electron chi connectivity index (χ1n) is 10.9. The van der Waals surface area contributed by atoms with E-state index in [1.165, 1.54) is 4.90 Å². The summed E-state index contributed by atoms with van der Waals surface area (Å²) < 4.78 is 1.84. The smallest absolute Gasteiger partial charge is 0.329 e. The molecule has 1 fully saturated rings. The van der Waals surface area contributed by atoms with E-state index in [0.29, 0.717) is 0 Å². The number of rotatable bonds is 6. The zero-order chi connectivity index (χ0) is 23.5. The highest BCUT2D eigenvalue weighted by Gasteiger charge is 2.33. The zero-order valence-electron chi connectivity index (χ0n) is 18.3. The van der Waals surface area contributed by atoms with Crippen molar-refractivity contribution in [2.45, 2.75) is 13.1 Å². The van der Waals surface area contributed by atoms with Crippen molar-refractivity contribution in [3.05, 3.63) is 108 Å². The summed E-state index contributed by atoms with van der Waals surface area (Å²) in [6, 6.07) is 25.8. The van der Waals surface area contributed by atoms with Crippen molar-refractivity contribution < 1.29 is 14.4 Å². The summed E-state index contributed by atoms with van der Waals surface area (Å²) in [6.07, 6.45) is 3.49. The van der Waals surface area contributed by atoms with Crippen LogP contribution in [0.2, 0.25) is 0 Å². The van der Waals surface area contributed by atoms with E-state index in [2.05, 4.69) is 10.6 Å². The van der Waals surface area contributed by atoms with Crippen LogP contribution in [0.3, 0.4) is 0 Å². The average Bonchev–Trinajstić information content (AvgIpc) is 3.32. The van der Waals surface area contributed by atoms with Crippen molar-refractivity contribution in [2.75, 3.05) is 5.32 Å². The van der Waals surface area contributed by atoms with Crippen LogP contribution in [0.5, 0.6) is 0 Å². The molecule has 4 aromatic rings. The van der Waals surface area contributed by atoms with Crippen LogP contribution in [0.15, 0.2) is 96.8 Å². The van der Waals surface area contributed by atoms with E-state index in [9.17, 15) is 14.4 Å². The summed E-state index contributed by atoms with van der Waals surface area (Å²) in [6.45, 7) is 0.309. The quantitative estimate of drug-likeness (QED) is 0.338. The molecule has 0 bridgehead atoms. The average molecular weight is 450 g/mol. The van der Waals surface area contributed by atoms with Crippen LogP contribution in [-0.4, -0.2) is 27.3 Å². The highest BCUT2D eigenvalue weighted by Crippen LogP contribution is 2.25. The molecule has 3 aromatic carbocycles. The number of para-hydroxylation sites is 2. The number of anilines is 1. The van der Waals surface area contributed by atoms with Gasteiger partial charge in [0.25, 0.3) is 5.91 Å². The van der Waals surface area contributed by atoms with Gasteiger partial charge in [-0.2, -0.15) is 0 Å². The molecule has 2 N–H and O–H groups in total. The monoisotopic (exact) mass is 450 g/mol. The molecule has 1 aliphatic heterocycles. The Morgan fingerprint density at radius 2 is 1.56 bits per heavy atom. The third kappa shape index (κ3) is 4.31. The zero-order valence-corrected chi connectivity index (χ0v) is 18.3. The number of carbonyl (C=O) groups is 3. The van der Waals surface area contributed by atoms with Gasteiger partial charge in [0.15, 0.2) is 0 Å². The van der Waals surface area contributed by atoms with Crippen LogP contribution in [0.4, 0.5) is 10.5 Å². The Labute approximate surface area is 196 Å². The molecule has 1 aromatic heterocycles. The Bertz CT molecular complexity index is 1410. The summed E-state index contributed by atoms with van der Waals surface area (Å²) in [4.78, 5) is 39.2. The van der Waals surface area contributed by atoms with Gasteiger partial charge in [-0.15, -0.1) is 0 Å². The van der Waals surface area contributed by atoms with Crippen molar-refractivity contribution in [1.29, 1.82) is 0 Å². The SMILES string of the molecule is O=C(Cn1cc(/C=C2/NC(=O)N(Cc3ccccc3)C2=O)c2ccccc21)Nc1ccccc1. The van der Waals surface area contributed by atoms with Crippen LogP contribution in [0.1, 0.15) is 11.1 Å². The fraction of sp³-hybridized carbons (Fsp3) is 0.0741. The summed E-state index contributed by atoms with van der Waals surface area (Å²) >= 11 is 0. The first-order valence-corrected chi connectivity index (χ1v) is 10.9. The van der Waals surface area contributed by atoms with Crippen LogP contribution in [-0.2, 0) is 22.7 Å². The molecule has 34 heavy (non-hydrogen) atoms. The molecule has 5 rings (SSSR count). The van der Waals surface area contributed by atoms with E-state index >= 15 is 0 Å². The van der Waals surface area contributed by atoms with Crippen molar-refractivity contribution in [3.8, 4) is 0 Å². The van der Waals surface area contributed by atoms with Crippen molar-refractivity contribution in [3.63, 3.8) is 0 Å². The summed E-state index contributed by atoms with van der Waals surface area (Å²) in [7, 11) is 0. The van der Waals surface area contributed by atoms with Gasteiger partial charge in [0, 0.05) is 28.4 Å². The molecule has 0 saturated carbocycles. The Kier molecular flexibility index (Phi) is 5.66. The van der Waals surface area contributed by atoms with Crippen molar-refractivity contribution in [1.82, 2.24) is 14.8 Å². The molecule has 1 saturated heterocycles. The summed E-state index contributed by atoms with van der Waals surface area (Å²) in [5.74, 6) is -0.544. The Balaban J connectivity index is 1.40. The third-order valence-electron chi connectivity index (χ3n) is 5.64. The third-order valence-corrected chi connectivity index (χ3v) is 5.64.